The Morgan fingerprint density at radius 2 is 1.68 bits per heavy atom. The minimum Gasteiger partial charge on any atom is -0.497 e. The van der Waals surface area contributed by atoms with Gasteiger partial charge >= 0.3 is 6.18 Å². The number of methoxy groups -OCH3 is 1. The van der Waals surface area contributed by atoms with Crippen molar-refractivity contribution < 1.29 is 31.8 Å². The SMILES string of the molecule is COc1cccc(Oc2c(C(F)(F)F)oc3cc(OCc4cc(C)ccc4C)ccc3c2=O)c1. The lowest BCUT2D eigenvalue weighted by atomic mass is 10.1. The Balaban J connectivity index is 1.72. The van der Waals surface area contributed by atoms with Crippen LogP contribution in [0, 0.1) is 13.8 Å². The number of fused-ring (bicyclic) bond motifs is 1. The van der Waals surface area contributed by atoms with Crippen molar-refractivity contribution in [2.75, 3.05) is 7.11 Å². The number of benzene rings is 3. The lowest BCUT2D eigenvalue weighted by Gasteiger charge is -2.14. The van der Waals surface area contributed by atoms with E-state index in [1.165, 1.54) is 43.5 Å². The largest absolute Gasteiger partial charge is 0.497 e. The van der Waals surface area contributed by atoms with Gasteiger partial charge in [-0.2, -0.15) is 13.2 Å². The van der Waals surface area contributed by atoms with Gasteiger partial charge in [-0.1, -0.05) is 29.8 Å². The first-order chi connectivity index (χ1) is 16.2. The molecule has 3 aromatic carbocycles. The molecule has 0 saturated carbocycles. The second-order valence-corrected chi connectivity index (χ2v) is 7.74. The molecule has 4 rings (SSSR count). The first kappa shape index (κ1) is 23.2. The Morgan fingerprint density at radius 1 is 0.912 bits per heavy atom. The summed E-state index contributed by atoms with van der Waals surface area (Å²) in [6.45, 7) is 4.11. The van der Waals surface area contributed by atoms with E-state index in [2.05, 4.69) is 0 Å². The minimum atomic E-state index is -4.96. The predicted molar refractivity (Wildman–Crippen MR) is 121 cm³/mol. The number of aryl methyl sites for hydroxylation is 2. The fourth-order valence-corrected chi connectivity index (χ4v) is 3.42. The first-order valence-electron chi connectivity index (χ1n) is 10.3. The van der Waals surface area contributed by atoms with Gasteiger partial charge in [0.25, 0.3) is 5.76 Å². The van der Waals surface area contributed by atoms with Crippen LogP contribution < -0.4 is 19.6 Å². The van der Waals surface area contributed by atoms with Crippen LogP contribution in [-0.4, -0.2) is 7.11 Å². The number of hydrogen-bond acceptors (Lipinski definition) is 5. The average molecular weight is 470 g/mol. The number of halogens is 3. The zero-order valence-electron chi connectivity index (χ0n) is 18.7. The first-order valence-corrected chi connectivity index (χ1v) is 10.3. The number of ether oxygens (including phenoxy) is 3. The van der Waals surface area contributed by atoms with Crippen LogP contribution in [0.4, 0.5) is 13.2 Å². The van der Waals surface area contributed by atoms with E-state index in [1.54, 1.807) is 6.07 Å². The van der Waals surface area contributed by atoms with E-state index in [9.17, 15) is 18.0 Å². The van der Waals surface area contributed by atoms with Crippen molar-refractivity contribution in [2.45, 2.75) is 26.6 Å². The molecule has 0 saturated heterocycles. The lowest BCUT2D eigenvalue weighted by molar-refractivity contribution is -0.154. The van der Waals surface area contributed by atoms with Crippen LogP contribution in [-0.2, 0) is 12.8 Å². The molecule has 0 atom stereocenters. The Labute approximate surface area is 193 Å². The second kappa shape index (κ2) is 9.13. The van der Waals surface area contributed by atoms with E-state index in [1.807, 2.05) is 32.0 Å². The van der Waals surface area contributed by atoms with Crippen molar-refractivity contribution in [1.82, 2.24) is 0 Å². The average Bonchev–Trinajstić information content (AvgIpc) is 2.80. The number of alkyl halides is 3. The maximum atomic E-state index is 13.8. The fourth-order valence-electron chi connectivity index (χ4n) is 3.42. The van der Waals surface area contributed by atoms with Crippen molar-refractivity contribution >= 4 is 11.0 Å². The van der Waals surface area contributed by atoms with Gasteiger partial charge in [0, 0.05) is 12.1 Å². The van der Waals surface area contributed by atoms with Gasteiger partial charge in [-0.05, 0) is 49.2 Å². The molecule has 0 radical (unpaired) electrons. The van der Waals surface area contributed by atoms with Crippen LogP contribution in [0.25, 0.3) is 11.0 Å². The molecular formula is C26H21F3O5. The molecule has 4 aromatic rings. The molecule has 8 heteroatoms. The molecule has 176 valence electrons. The highest BCUT2D eigenvalue weighted by Gasteiger charge is 2.40. The van der Waals surface area contributed by atoms with E-state index in [0.717, 1.165) is 16.7 Å². The molecule has 0 amide bonds. The topological polar surface area (TPSA) is 57.9 Å². The van der Waals surface area contributed by atoms with Gasteiger partial charge in [0.2, 0.25) is 11.2 Å². The molecule has 0 aliphatic heterocycles. The molecule has 0 bridgehead atoms. The summed E-state index contributed by atoms with van der Waals surface area (Å²) >= 11 is 0. The predicted octanol–water partition coefficient (Wildman–Crippen LogP) is 6.81. The van der Waals surface area contributed by atoms with Crippen LogP contribution >= 0.6 is 0 Å². The third-order valence-corrected chi connectivity index (χ3v) is 5.24. The second-order valence-electron chi connectivity index (χ2n) is 7.74. The van der Waals surface area contributed by atoms with Gasteiger partial charge in [0.15, 0.2) is 0 Å². The smallest absolute Gasteiger partial charge is 0.453 e. The summed E-state index contributed by atoms with van der Waals surface area (Å²) in [7, 11) is 1.41. The van der Waals surface area contributed by atoms with Crippen LogP contribution in [0.2, 0.25) is 0 Å². The molecule has 0 N–H and O–H groups in total. The third-order valence-electron chi connectivity index (χ3n) is 5.24. The molecule has 0 aliphatic rings. The summed E-state index contributed by atoms with van der Waals surface area (Å²) in [5, 5.41) is -0.0648. The Hall–Kier alpha value is -3.94. The minimum absolute atomic E-state index is 0.00461. The van der Waals surface area contributed by atoms with E-state index in [4.69, 9.17) is 18.6 Å². The quantitative estimate of drug-likeness (QED) is 0.310. The van der Waals surface area contributed by atoms with Crippen molar-refractivity contribution in [3.8, 4) is 23.0 Å². The Kier molecular flexibility index (Phi) is 6.24. The number of rotatable bonds is 6. The molecule has 34 heavy (non-hydrogen) atoms. The summed E-state index contributed by atoms with van der Waals surface area (Å²) in [6, 6.07) is 16.0. The molecule has 0 spiro atoms. The standard InChI is InChI=1S/C26H21F3O5/c1-15-7-8-16(2)17(11-15)14-32-19-9-10-21-22(13-19)34-25(26(27,28)29)24(23(21)30)33-20-6-4-5-18(12-20)31-3/h4-13H,14H2,1-3H3. The molecule has 0 aliphatic carbocycles. The van der Waals surface area contributed by atoms with E-state index in [-0.39, 0.29) is 29.1 Å². The summed E-state index contributed by atoms with van der Waals surface area (Å²) in [6.07, 6.45) is -4.96. The highest BCUT2D eigenvalue weighted by Crippen LogP contribution is 2.39. The fraction of sp³-hybridized carbons (Fsp3) is 0.192. The molecule has 5 nitrogen and oxygen atoms in total. The highest BCUT2D eigenvalue weighted by molar-refractivity contribution is 5.79. The van der Waals surface area contributed by atoms with Crippen molar-refractivity contribution in [3.05, 3.63) is 93.3 Å². The van der Waals surface area contributed by atoms with Crippen LogP contribution in [0.5, 0.6) is 23.0 Å². The molecule has 0 fully saturated rings. The monoisotopic (exact) mass is 470 g/mol. The molecule has 0 unspecified atom stereocenters. The summed E-state index contributed by atoms with van der Waals surface area (Å²) in [4.78, 5) is 13.0. The lowest BCUT2D eigenvalue weighted by Crippen LogP contribution is -2.15. The van der Waals surface area contributed by atoms with Gasteiger partial charge in [0.1, 0.15) is 29.4 Å². The van der Waals surface area contributed by atoms with E-state index in [0.29, 0.717) is 5.75 Å². The maximum Gasteiger partial charge on any atom is 0.453 e. The van der Waals surface area contributed by atoms with Gasteiger partial charge in [-0.25, -0.2) is 0 Å². The van der Waals surface area contributed by atoms with Gasteiger partial charge in [-0.3, -0.25) is 4.79 Å². The third kappa shape index (κ3) is 4.85. The highest BCUT2D eigenvalue weighted by atomic mass is 19.4. The van der Waals surface area contributed by atoms with E-state index >= 15 is 0 Å². The Bertz CT molecular complexity index is 1410. The van der Waals surface area contributed by atoms with Crippen LogP contribution in [0.15, 0.2) is 69.9 Å². The summed E-state index contributed by atoms with van der Waals surface area (Å²) in [5.41, 5.74) is 1.83. The summed E-state index contributed by atoms with van der Waals surface area (Å²) < 4.78 is 62.7. The number of hydrogen-bond donors (Lipinski definition) is 0. The van der Waals surface area contributed by atoms with Gasteiger partial charge in [-0.15, -0.1) is 0 Å². The van der Waals surface area contributed by atoms with Crippen molar-refractivity contribution in [1.29, 1.82) is 0 Å². The van der Waals surface area contributed by atoms with E-state index < -0.39 is 23.1 Å². The van der Waals surface area contributed by atoms with Crippen molar-refractivity contribution in [3.63, 3.8) is 0 Å². The summed E-state index contributed by atoms with van der Waals surface area (Å²) in [5.74, 6) is -1.84. The molecule has 1 heterocycles. The normalized spacial score (nSPS) is 11.5. The molecular weight excluding hydrogens is 449 g/mol. The van der Waals surface area contributed by atoms with Crippen LogP contribution in [0.1, 0.15) is 22.5 Å². The van der Waals surface area contributed by atoms with Gasteiger partial charge < -0.3 is 18.6 Å². The molecule has 1 aromatic heterocycles. The van der Waals surface area contributed by atoms with Gasteiger partial charge in [0.05, 0.1) is 12.5 Å². The zero-order chi connectivity index (χ0) is 24.5. The maximum absolute atomic E-state index is 13.8. The Morgan fingerprint density at radius 3 is 2.41 bits per heavy atom. The van der Waals surface area contributed by atoms with Crippen molar-refractivity contribution in [2.24, 2.45) is 0 Å². The zero-order valence-corrected chi connectivity index (χ0v) is 18.7. The van der Waals surface area contributed by atoms with Crippen LogP contribution in [0.3, 0.4) is 0 Å².